The summed E-state index contributed by atoms with van der Waals surface area (Å²) < 4.78 is 1.92. The number of aromatic amines is 1. The Kier molecular flexibility index (Phi) is 3.72. The standard InChI is InChI=1S/C19H20N6/c1-12-18(13(2)25(3)24-12)19(23-17-8-9-20-11-22-17)15-10-21-16-7-5-4-6-14(15)16/h4-11,19,21H,1-3H3,(H,20,22,23). The molecule has 1 unspecified atom stereocenters. The molecule has 126 valence electrons. The van der Waals surface area contributed by atoms with Crippen LogP contribution in [0.15, 0.2) is 49.1 Å². The van der Waals surface area contributed by atoms with Crippen molar-refractivity contribution in [3.05, 3.63) is 71.6 Å². The zero-order valence-corrected chi connectivity index (χ0v) is 14.5. The Labute approximate surface area is 145 Å². The van der Waals surface area contributed by atoms with Crippen LogP contribution in [0.5, 0.6) is 0 Å². The number of rotatable bonds is 4. The number of nitrogens with one attached hydrogen (secondary N) is 2. The lowest BCUT2D eigenvalue weighted by atomic mass is 9.96. The van der Waals surface area contributed by atoms with E-state index in [1.165, 1.54) is 16.5 Å². The number of benzene rings is 1. The first-order valence-electron chi connectivity index (χ1n) is 8.24. The Morgan fingerprint density at radius 1 is 1.16 bits per heavy atom. The van der Waals surface area contributed by atoms with Crippen molar-refractivity contribution in [1.82, 2.24) is 24.7 Å². The minimum absolute atomic E-state index is 0.0558. The number of aromatic nitrogens is 5. The summed E-state index contributed by atoms with van der Waals surface area (Å²) in [5.74, 6) is 0.785. The molecule has 1 aromatic carbocycles. The van der Waals surface area contributed by atoms with E-state index < -0.39 is 0 Å². The molecule has 4 aromatic rings. The first kappa shape index (κ1) is 15.4. The normalized spacial score (nSPS) is 12.4. The van der Waals surface area contributed by atoms with Gasteiger partial charge in [-0.2, -0.15) is 5.10 Å². The van der Waals surface area contributed by atoms with Crippen LogP contribution in [0, 0.1) is 13.8 Å². The van der Waals surface area contributed by atoms with Crippen LogP contribution < -0.4 is 5.32 Å². The maximum atomic E-state index is 4.60. The lowest BCUT2D eigenvalue weighted by Gasteiger charge is -2.20. The van der Waals surface area contributed by atoms with Gasteiger partial charge in [0.1, 0.15) is 12.1 Å². The van der Waals surface area contributed by atoms with E-state index in [0.717, 1.165) is 22.7 Å². The van der Waals surface area contributed by atoms with Crippen LogP contribution in [0.3, 0.4) is 0 Å². The van der Waals surface area contributed by atoms with Gasteiger partial charge >= 0.3 is 0 Å². The molecule has 0 aliphatic carbocycles. The number of hydrogen-bond acceptors (Lipinski definition) is 4. The second kappa shape index (κ2) is 6.05. The first-order valence-corrected chi connectivity index (χ1v) is 8.24. The number of para-hydroxylation sites is 1. The molecule has 6 nitrogen and oxygen atoms in total. The minimum atomic E-state index is -0.0558. The number of nitrogens with zero attached hydrogens (tertiary/aromatic N) is 4. The summed E-state index contributed by atoms with van der Waals surface area (Å²) in [5.41, 5.74) is 5.61. The van der Waals surface area contributed by atoms with Gasteiger partial charge in [-0.25, -0.2) is 9.97 Å². The average Bonchev–Trinajstić information content (AvgIpc) is 3.15. The van der Waals surface area contributed by atoms with Gasteiger partial charge in [-0.3, -0.25) is 4.68 Å². The highest BCUT2D eigenvalue weighted by molar-refractivity contribution is 5.84. The molecule has 0 saturated carbocycles. The fourth-order valence-electron chi connectivity index (χ4n) is 3.37. The molecular weight excluding hydrogens is 312 g/mol. The van der Waals surface area contributed by atoms with Crippen LogP contribution in [0.1, 0.15) is 28.6 Å². The number of aryl methyl sites for hydroxylation is 2. The van der Waals surface area contributed by atoms with Gasteiger partial charge in [0.05, 0.1) is 11.7 Å². The van der Waals surface area contributed by atoms with Gasteiger partial charge in [-0.05, 0) is 26.0 Å². The number of fused-ring (bicyclic) bond motifs is 1. The number of anilines is 1. The molecular formula is C19H20N6. The maximum absolute atomic E-state index is 4.60. The highest BCUT2D eigenvalue weighted by atomic mass is 15.3. The minimum Gasteiger partial charge on any atom is -0.361 e. The van der Waals surface area contributed by atoms with Gasteiger partial charge in [0.15, 0.2) is 0 Å². The van der Waals surface area contributed by atoms with Crippen LogP contribution in [0.4, 0.5) is 5.82 Å². The quantitative estimate of drug-likeness (QED) is 0.600. The van der Waals surface area contributed by atoms with Crippen molar-refractivity contribution in [3.8, 4) is 0 Å². The topological polar surface area (TPSA) is 71.4 Å². The van der Waals surface area contributed by atoms with Gasteiger partial charge in [-0.1, -0.05) is 18.2 Å². The van der Waals surface area contributed by atoms with Crippen molar-refractivity contribution in [2.75, 3.05) is 5.32 Å². The molecule has 4 rings (SSSR count). The molecule has 6 heteroatoms. The zero-order chi connectivity index (χ0) is 17.4. The monoisotopic (exact) mass is 332 g/mol. The lowest BCUT2D eigenvalue weighted by Crippen LogP contribution is -2.15. The molecule has 3 heterocycles. The van der Waals surface area contributed by atoms with E-state index in [1.807, 2.05) is 30.8 Å². The molecule has 0 saturated heterocycles. The Balaban J connectivity index is 1.89. The Hall–Kier alpha value is -3.15. The van der Waals surface area contributed by atoms with Gasteiger partial charge in [-0.15, -0.1) is 0 Å². The fourth-order valence-corrected chi connectivity index (χ4v) is 3.37. The smallest absolute Gasteiger partial charge is 0.130 e. The van der Waals surface area contributed by atoms with Crippen molar-refractivity contribution in [2.45, 2.75) is 19.9 Å². The van der Waals surface area contributed by atoms with Gasteiger partial charge in [0.2, 0.25) is 0 Å². The molecule has 0 spiro atoms. The lowest BCUT2D eigenvalue weighted by molar-refractivity contribution is 0.729. The SMILES string of the molecule is Cc1nn(C)c(C)c1C(Nc1ccncn1)c1c[nH]c2ccccc12. The predicted octanol–water partition coefficient (Wildman–Crippen LogP) is 3.51. The second-order valence-corrected chi connectivity index (χ2v) is 6.17. The molecule has 3 aromatic heterocycles. The van der Waals surface area contributed by atoms with Crippen LogP contribution in [0.25, 0.3) is 10.9 Å². The molecule has 0 radical (unpaired) electrons. The Morgan fingerprint density at radius 3 is 2.72 bits per heavy atom. The molecule has 0 amide bonds. The fraction of sp³-hybridized carbons (Fsp3) is 0.211. The number of H-pyrrole nitrogens is 1. The summed E-state index contributed by atoms with van der Waals surface area (Å²) in [4.78, 5) is 11.7. The maximum Gasteiger partial charge on any atom is 0.130 e. The van der Waals surface area contributed by atoms with Crippen molar-refractivity contribution in [3.63, 3.8) is 0 Å². The molecule has 1 atom stereocenters. The van der Waals surface area contributed by atoms with Crippen LogP contribution in [-0.2, 0) is 7.05 Å². The summed E-state index contributed by atoms with van der Waals surface area (Å²) in [6.45, 7) is 4.14. The molecule has 0 aliphatic heterocycles. The highest BCUT2D eigenvalue weighted by Gasteiger charge is 2.24. The van der Waals surface area contributed by atoms with E-state index in [0.29, 0.717) is 0 Å². The van der Waals surface area contributed by atoms with Gasteiger partial charge in [0, 0.05) is 47.2 Å². The molecule has 0 fully saturated rings. The van der Waals surface area contributed by atoms with Crippen LogP contribution >= 0.6 is 0 Å². The Morgan fingerprint density at radius 2 is 2.00 bits per heavy atom. The predicted molar refractivity (Wildman–Crippen MR) is 98.5 cm³/mol. The third-order valence-corrected chi connectivity index (χ3v) is 4.66. The van der Waals surface area contributed by atoms with E-state index in [9.17, 15) is 0 Å². The summed E-state index contributed by atoms with van der Waals surface area (Å²) in [7, 11) is 1.98. The molecule has 0 bridgehead atoms. The third-order valence-electron chi connectivity index (χ3n) is 4.66. The average molecular weight is 332 g/mol. The number of hydrogen-bond donors (Lipinski definition) is 2. The van der Waals surface area contributed by atoms with Crippen LogP contribution in [0.2, 0.25) is 0 Å². The Bertz CT molecular complexity index is 1020. The largest absolute Gasteiger partial charge is 0.361 e. The van der Waals surface area contributed by atoms with Crippen molar-refractivity contribution in [2.24, 2.45) is 7.05 Å². The van der Waals surface area contributed by atoms with E-state index in [-0.39, 0.29) is 6.04 Å². The third kappa shape index (κ3) is 2.65. The summed E-state index contributed by atoms with van der Waals surface area (Å²) in [6.07, 6.45) is 5.36. The van der Waals surface area contributed by atoms with E-state index in [1.54, 1.807) is 12.5 Å². The van der Waals surface area contributed by atoms with E-state index in [4.69, 9.17) is 0 Å². The summed E-state index contributed by atoms with van der Waals surface area (Å²) in [5, 5.41) is 9.35. The van der Waals surface area contributed by atoms with E-state index in [2.05, 4.69) is 56.7 Å². The van der Waals surface area contributed by atoms with Gasteiger partial charge < -0.3 is 10.3 Å². The molecule has 2 N–H and O–H groups in total. The van der Waals surface area contributed by atoms with Crippen LogP contribution in [-0.4, -0.2) is 24.7 Å². The summed E-state index contributed by atoms with van der Waals surface area (Å²) >= 11 is 0. The molecule has 25 heavy (non-hydrogen) atoms. The second-order valence-electron chi connectivity index (χ2n) is 6.17. The van der Waals surface area contributed by atoms with Crippen molar-refractivity contribution >= 4 is 16.7 Å². The van der Waals surface area contributed by atoms with Gasteiger partial charge in [0.25, 0.3) is 0 Å². The first-order chi connectivity index (χ1) is 12.1. The summed E-state index contributed by atoms with van der Waals surface area (Å²) in [6, 6.07) is 10.1. The zero-order valence-electron chi connectivity index (χ0n) is 14.5. The van der Waals surface area contributed by atoms with E-state index >= 15 is 0 Å². The van der Waals surface area contributed by atoms with Crippen molar-refractivity contribution in [1.29, 1.82) is 0 Å². The van der Waals surface area contributed by atoms with Crippen molar-refractivity contribution < 1.29 is 0 Å². The highest BCUT2D eigenvalue weighted by Crippen LogP contribution is 2.34. The molecule has 0 aliphatic rings.